The van der Waals surface area contributed by atoms with Crippen molar-refractivity contribution >= 4 is 10.0 Å². The Labute approximate surface area is 181 Å². The fraction of sp³-hybridized carbons (Fsp3) is 0.609. The van der Waals surface area contributed by atoms with E-state index in [9.17, 15) is 8.42 Å². The van der Waals surface area contributed by atoms with Crippen molar-refractivity contribution in [2.75, 3.05) is 19.6 Å². The summed E-state index contributed by atoms with van der Waals surface area (Å²) in [6, 6.07) is 10.3. The first-order chi connectivity index (χ1) is 14.1. The zero-order valence-electron chi connectivity index (χ0n) is 18.9. The van der Waals surface area contributed by atoms with Gasteiger partial charge in [-0.3, -0.25) is 0 Å². The summed E-state index contributed by atoms with van der Waals surface area (Å²) in [7, 11) is -1.81. The van der Waals surface area contributed by atoms with E-state index in [1.807, 2.05) is 18.2 Å². The van der Waals surface area contributed by atoms with Crippen molar-refractivity contribution in [3.63, 3.8) is 0 Å². The molecule has 6 nitrogen and oxygen atoms in total. The quantitative estimate of drug-likeness (QED) is 0.692. The third-order valence-electron chi connectivity index (χ3n) is 5.80. The van der Waals surface area contributed by atoms with Crippen molar-refractivity contribution < 1.29 is 8.42 Å². The van der Waals surface area contributed by atoms with Crippen molar-refractivity contribution in [1.82, 2.24) is 19.2 Å². The van der Waals surface area contributed by atoms with E-state index >= 15 is 0 Å². The van der Waals surface area contributed by atoms with E-state index in [4.69, 9.17) is 0 Å². The Morgan fingerprint density at radius 2 is 1.90 bits per heavy atom. The zero-order valence-corrected chi connectivity index (χ0v) is 19.7. The predicted molar refractivity (Wildman–Crippen MR) is 121 cm³/mol. The van der Waals surface area contributed by atoms with Crippen LogP contribution in [0.4, 0.5) is 0 Å². The molecule has 166 valence electrons. The van der Waals surface area contributed by atoms with E-state index in [1.54, 1.807) is 22.1 Å². The molecule has 3 atom stereocenters. The highest BCUT2D eigenvalue weighted by atomic mass is 32.2. The van der Waals surface area contributed by atoms with Gasteiger partial charge in [0.05, 0.1) is 6.33 Å². The molecular formula is C23H36N4O2S. The number of nitrogens with zero attached hydrogens (tertiary/aromatic N) is 3. The van der Waals surface area contributed by atoms with E-state index in [1.165, 1.54) is 18.3 Å². The summed E-state index contributed by atoms with van der Waals surface area (Å²) in [6.45, 7) is 11.0. The van der Waals surface area contributed by atoms with E-state index < -0.39 is 10.0 Å². The lowest BCUT2D eigenvalue weighted by Gasteiger charge is -2.25. The molecule has 0 spiro atoms. The third kappa shape index (κ3) is 5.71. The van der Waals surface area contributed by atoms with Gasteiger partial charge in [-0.25, -0.2) is 13.4 Å². The molecule has 1 aromatic heterocycles. The van der Waals surface area contributed by atoms with Gasteiger partial charge >= 0.3 is 0 Å². The van der Waals surface area contributed by atoms with Crippen LogP contribution >= 0.6 is 0 Å². The molecule has 1 saturated heterocycles. The number of hydrogen-bond acceptors (Lipinski definition) is 4. The molecule has 2 aromatic rings. The summed E-state index contributed by atoms with van der Waals surface area (Å²) in [5, 5.41) is 3.80. The molecule has 0 bridgehead atoms. The molecule has 0 amide bonds. The average molecular weight is 433 g/mol. The predicted octanol–water partition coefficient (Wildman–Crippen LogP) is 3.63. The van der Waals surface area contributed by atoms with Crippen molar-refractivity contribution in [2.45, 2.75) is 57.5 Å². The number of benzene rings is 1. The number of aryl methyl sites for hydroxylation is 1. The number of imidazole rings is 1. The molecule has 1 N–H and O–H groups in total. The van der Waals surface area contributed by atoms with Crippen LogP contribution in [0.2, 0.25) is 0 Å². The van der Waals surface area contributed by atoms with Crippen LogP contribution in [-0.4, -0.2) is 48.0 Å². The monoisotopic (exact) mass is 432 g/mol. The van der Waals surface area contributed by atoms with Crippen LogP contribution in [-0.2, 0) is 17.1 Å². The van der Waals surface area contributed by atoms with E-state index in [2.05, 4.69) is 50.1 Å². The van der Waals surface area contributed by atoms with Crippen molar-refractivity contribution in [3.05, 3.63) is 48.4 Å². The molecule has 7 heteroatoms. The Morgan fingerprint density at radius 3 is 2.50 bits per heavy atom. The summed E-state index contributed by atoms with van der Waals surface area (Å²) in [6.07, 6.45) is 5.37. The van der Waals surface area contributed by atoms with Crippen molar-refractivity contribution in [1.29, 1.82) is 0 Å². The summed E-state index contributed by atoms with van der Waals surface area (Å²) >= 11 is 0. The molecular weight excluding hydrogens is 396 g/mol. The van der Waals surface area contributed by atoms with Crippen LogP contribution in [0.15, 0.2) is 47.9 Å². The summed E-state index contributed by atoms with van der Waals surface area (Å²) in [4.78, 5) is 4.09. The lowest BCUT2D eigenvalue weighted by atomic mass is 9.84. The number of nitrogens with one attached hydrogen (secondary N) is 1. The largest absolute Gasteiger partial charge is 0.339 e. The van der Waals surface area contributed by atoms with Gasteiger partial charge in [0.1, 0.15) is 0 Å². The van der Waals surface area contributed by atoms with E-state index in [0.29, 0.717) is 24.4 Å². The lowest BCUT2D eigenvalue weighted by Crippen LogP contribution is -2.37. The molecule has 0 aliphatic carbocycles. The van der Waals surface area contributed by atoms with Crippen LogP contribution in [0.3, 0.4) is 0 Å². The first-order valence-corrected chi connectivity index (χ1v) is 12.3. The van der Waals surface area contributed by atoms with Gasteiger partial charge in [-0.15, -0.1) is 0 Å². The van der Waals surface area contributed by atoms with Gasteiger partial charge in [-0.1, -0.05) is 58.0 Å². The molecule has 1 aliphatic heterocycles. The van der Waals surface area contributed by atoms with E-state index in [0.717, 1.165) is 13.0 Å². The Balaban J connectivity index is 1.71. The second-order valence-electron chi connectivity index (χ2n) is 9.94. The summed E-state index contributed by atoms with van der Waals surface area (Å²) < 4.78 is 29.5. The maximum atomic E-state index is 13.1. The minimum absolute atomic E-state index is 0.0905. The van der Waals surface area contributed by atoms with Gasteiger partial charge in [-0.2, -0.15) is 4.31 Å². The Bertz CT molecular complexity index is 918. The third-order valence-corrected chi connectivity index (χ3v) is 7.52. The Morgan fingerprint density at radius 1 is 1.20 bits per heavy atom. The van der Waals surface area contributed by atoms with Gasteiger partial charge in [0.15, 0.2) is 5.03 Å². The standard InChI is InChI=1S/C23H36N4O2S/c1-18(13-23(2,3)4)11-12-24-21-15-27(14-20(21)19-9-7-6-8-10-19)30(28,29)22-16-26(5)17-25-22/h6-10,16-18,20-21,24H,11-15H2,1-5H3. The Hall–Kier alpha value is -1.70. The van der Waals surface area contributed by atoms with Gasteiger partial charge < -0.3 is 9.88 Å². The number of sulfonamides is 1. The molecule has 0 radical (unpaired) electrons. The van der Waals surface area contributed by atoms with Crippen LogP contribution in [0.25, 0.3) is 0 Å². The maximum absolute atomic E-state index is 13.1. The van der Waals surface area contributed by atoms with Crippen LogP contribution in [0, 0.1) is 11.3 Å². The molecule has 0 saturated carbocycles. The average Bonchev–Trinajstić information content (AvgIpc) is 3.28. The first-order valence-electron chi connectivity index (χ1n) is 10.8. The molecule has 1 aliphatic rings. The topological polar surface area (TPSA) is 67.2 Å². The first kappa shape index (κ1) is 23.0. The fourth-order valence-corrected chi connectivity index (χ4v) is 5.98. The summed E-state index contributed by atoms with van der Waals surface area (Å²) in [5.41, 5.74) is 1.50. The second kappa shape index (κ2) is 9.20. The normalized spacial score (nSPS) is 21.8. The second-order valence-corrected chi connectivity index (χ2v) is 11.8. The van der Waals surface area contributed by atoms with Gasteiger partial charge in [0, 0.05) is 38.3 Å². The minimum Gasteiger partial charge on any atom is -0.339 e. The lowest BCUT2D eigenvalue weighted by molar-refractivity contribution is 0.291. The SMILES string of the molecule is CC(CCNC1CN(S(=O)(=O)c2cn(C)cn2)CC1c1ccccc1)CC(C)(C)C. The van der Waals surface area contributed by atoms with Crippen molar-refractivity contribution in [2.24, 2.45) is 18.4 Å². The molecule has 3 rings (SSSR count). The highest BCUT2D eigenvalue weighted by Crippen LogP contribution is 2.31. The highest BCUT2D eigenvalue weighted by molar-refractivity contribution is 7.89. The molecule has 2 heterocycles. The van der Waals surface area contributed by atoms with Crippen LogP contribution in [0.1, 0.15) is 52.0 Å². The van der Waals surface area contributed by atoms with Crippen LogP contribution in [0.5, 0.6) is 0 Å². The molecule has 3 unspecified atom stereocenters. The van der Waals surface area contributed by atoms with Crippen molar-refractivity contribution in [3.8, 4) is 0 Å². The number of aromatic nitrogens is 2. The van der Waals surface area contributed by atoms with Crippen LogP contribution < -0.4 is 5.32 Å². The highest BCUT2D eigenvalue weighted by Gasteiger charge is 2.40. The van der Waals surface area contributed by atoms with Gasteiger partial charge in [0.25, 0.3) is 10.0 Å². The number of rotatable bonds is 8. The maximum Gasteiger partial charge on any atom is 0.262 e. The minimum atomic E-state index is -3.60. The summed E-state index contributed by atoms with van der Waals surface area (Å²) in [5.74, 6) is 0.755. The Kier molecular flexibility index (Phi) is 7.05. The van der Waals surface area contributed by atoms with E-state index in [-0.39, 0.29) is 17.0 Å². The number of hydrogen-bond donors (Lipinski definition) is 1. The fourth-order valence-electron chi connectivity index (χ4n) is 4.53. The molecule has 1 aromatic carbocycles. The van der Waals surface area contributed by atoms with Gasteiger partial charge in [0.2, 0.25) is 0 Å². The van der Waals surface area contributed by atoms with Gasteiger partial charge in [-0.05, 0) is 36.3 Å². The smallest absolute Gasteiger partial charge is 0.262 e. The molecule has 1 fully saturated rings. The molecule has 30 heavy (non-hydrogen) atoms. The zero-order chi connectivity index (χ0) is 21.9.